The molecule has 2 N–H and O–H groups in total. The summed E-state index contributed by atoms with van der Waals surface area (Å²) in [7, 11) is 1.30. The van der Waals surface area contributed by atoms with E-state index in [-0.39, 0.29) is 11.7 Å². The highest BCUT2D eigenvalue weighted by molar-refractivity contribution is 6.07. The predicted molar refractivity (Wildman–Crippen MR) is 86.0 cm³/mol. The predicted octanol–water partition coefficient (Wildman–Crippen LogP) is 2.87. The number of carbonyl (C=O) groups is 3. The molecule has 23 heavy (non-hydrogen) atoms. The number of aromatic nitrogens is 1. The second kappa shape index (κ2) is 6.48. The molecule has 0 saturated heterocycles. The Morgan fingerprint density at radius 3 is 2.22 bits per heavy atom. The molecule has 2 aromatic rings. The van der Waals surface area contributed by atoms with Crippen LogP contribution in [0.2, 0.25) is 0 Å². The lowest BCUT2D eigenvalue weighted by atomic mass is 10.1. The molecule has 6 nitrogen and oxygen atoms in total. The summed E-state index contributed by atoms with van der Waals surface area (Å²) in [6, 6.07) is 6.59. The Kier molecular flexibility index (Phi) is 4.64. The second-order valence-electron chi connectivity index (χ2n) is 5.20. The summed E-state index contributed by atoms with van der Waals surface area (Å²) in [6.07, 6.45) is 0. The number of aromatic amines is 1. The molecule has 0 bridgehead atoms. The quantitative estimate of drug-likeness (QED) is 0.671. The van der Waals surface area contributed by atoms with Gasteiger partial charge in [0, 0.05) is 16.9 Å². The zero-order chi connectivity index (χ0) is 17.1. The summed E-state index contributed by atoms with van der Waals surface area (Å²) in [5.74, 6) is -0.890. The smallest absolute Gasteiger partial charge is 0.339 e. The standard InChI is InChI=1S/C17H18N2O4/c1-9-14(17(22)23-4)10(2)18-15(9)16(21)19-13-7-5-12(6-8-13)11(3)20/h5-8,18H,1-4H3,(H,19,21). The van der Waals surface area contributed by atoms with Crippen molar-refractivity contribution in [3.8, 4) is 0 Å². The molecule has 0 aliphatic carbocycles. The van der Waals surface area contributed by atoms with Gasteiger partial charge in [-0.1, -0.05) is 0 Å². The fourth-order valence-corrected chi connectivity index (χ4v) is 2.37. The molecule has 120 valence electrons. The average molecular weight is 314 g/mol. The maximum Gasteiger partial charge on any atom is 0.339 e. The van der Waals surface area contributed by atoms with Crippen LogP contribution in [-0.2, 0) is 4.74 Å². The number of Topliss-reactive ketones (excluding diaryl/α,β-unsaturated/α-hetero) is 1. The highest BCUT2D eigenvalue weighted by atomic mass is 16.5. The zero-order valence-corrected chi connectivity index (χ0v) is 13.4. The number of anilines is 1. The minimum Gasteiger partial charge on any atom is -0.465 e. The number of amides is 1. The number of methoxy groups -OCH3 is 1. The highest BCUT2D eigenvalue weighted by Crippen LogP contribution is 2.20. The highest BCUT2D eigenvalue weighted by Gasteiger charge is 2.22. The Balaban J connectivity index is 2.24. The molecule has 1 amide bonds. The van der Waals surface area contributed by atoms with E-state index in [1.165, 1.54) is 14.0 Å². The van der Waals surface area contributed by atoms with E-state index in [2.05, 4.69) is 10.3 Å². The molecule has 1 aromatic carbocycles. The van der Waals surface area contributed by atoms with Gasteiger partial charge in [0.05, 0.1) is 12.7 Å². The third-order valence-electron chi connectivity index (χ3n) is 3.60. The Labute approximate surface area is 133 Å². The van der Waals surface area contributed by atoms with Gasteiger partial charge in [0.2, 0.25) is 0 Å². The zero-order valence-electron chi connectivity index (χ0n) is 13.4. The van der Waals surface area contributed by atoms with Crippen molar-refractivity contribution in [2.75, 3.05) is 12.4 Å². The maximum atomic E-state index is 12.4. The first-order valence-electron chi connectivity index (χ1n) is 7.05. The summed E-state index contributed by atoms with van der Waals surface area (Å²) in [6.45, 7) is 4.87. The minimum absolute atomic E-state index is 0.0403. The van der Waals surface area contributed by atoms with Crippen molar-refractivity contribution in [3.63, 3.8) is 0 Å². The van der Waals surface area contributed by atoms with Crippen molar-refractivity contribution in [1.82, 2.24) is 4.98 Å². The molecule has 0 fully saturated rings. The second-order valence-corrected chi connectivity index (χ2v) is 5.20. The van der Waals surface area contributed by atoms with E-state index in [0.717, 1.165) is 0 Å². The van der Waals surface area contributed by atoms with Gasteiger partial charge in [0.25, 0.3) is 5.91 Å². The number of H-pyrrole nitrogens is 1. The van der Waals surface area contributed by atoms with Gasteiger partial charge in [-0.2, -0.15) is 0 Å². The first-order valence-corrected chi connectivity index (χ1v) is 7.05. The largest absolute Gasteiger partial charge is 0.465 e. The molecule has 1 heterocycles. The molecule has 0 spiro atoms. The van der Waals surface area contributed by atoms with E-state index >= 15 is 0 Å². The maximum absolute atomic E-state index is 12.4. The van der Waals surface area contributed by atoms with E-state index < -0.39 is 5.97 Å². The Morgan fingerprint density at radius 2 is 1.70 bits per heavy atom. The molecule has 6 heteroatoms. The van der Waals surface area contributed by atoms with Crippen molar-refractivity contribution in [1.29, 1.82) is 0 Å². The van der Waals surface area contributed by atoms with Crippen LogP contribution in [-0.4, -0.2) is 29.8 Å². The lowest BCUT2D eigenvalue weighted by molar-refractivity contribution is 0.0599. The number of esters is 1. The van der Waals surface area contributed by atoms with Crippen LogP contribution in [0.3, 0.4) is 0 Å². The number of carbonyl (C=O) groups excluding carboxylic acids is 3. The van der Waals surface area contributed by atoms with E-state index in [0.29, 0.717) is 33.8 Å². The van der Waals surface area contributed by atoms with Gasteiger partial charge in [-0.05, 0) is 50.6 Å². The Hall–Kier alpha value is -2.89. The van der Waals surface area contributed by atoms with Crippen molar-refractivity contribution in [3.05, 3.63) is 52.3 Å². The first-order chi connectivity index (χ1) is 10.8. The van der Waals surface area contributed by atoms with Crippen LogP contribution in [0.25, 0.3) is 0 Å². The van der Waals surface area contributed by atoms with Gasteiger partial charge in [-0.3, -0.25) is 9.59 Å². The molecule has 0 unspecified atom stereocenters. The number of hydrogen-bond donors (Lipinski definition) is 2. The number of benzene rings is 1. The van der Waals surface area contributed by atoms with Gasteiger partial charge in [-0.15, -0.1) is 0 Å². The van der Waals surface area contributed by atoms with Crippen LogP contribution in [0, 0.1) is 13.8 Å². The first kappa shape index (κ1) is 16.5. The van der Waals surface area contributed by atoms with Crippen molar-refractivity contribution in [2.24, 2.45) is 0 Å². The molecule has 0 radical (unpaired) electrons. The summed E-state index contributed by atoms with van der Waals surface area (Å²) < 4.78 is 4.72. The monoisotopic (exact) mass is 314 g/mol. The van der Waals surface area contributed by atoms with E-state index in [9.17, 15) is 14.4 Å². The van der Waals surface area contributed by atoms with Crippen LogP contribution < -0.4 is 5.32 Å². The number of rotatable bonds is 4. The fraction of sp³-hybridized carbons (Fsp3) is 0.235. The SMILES string of the molecule is COC(=O)c1c(C)[nH]c(C(=O)Nc2ccc(C(C)=O)cc2)c1C. The number of ether oxygens (including phenoxy) is 1. The molecule has 0 atom stereocenters. The third kappa shape index (κ3) is 3.31. The fourth-order valence-electron chi connectivity index (χ4n) is 2.37. The molecule has 1 aromatic heterocycles. The molecule has 0 saturated carbocycles. The van der Waals surface area contributed by atoms with Crippen LogP contribution >= 0.6 is 0 Å². The van der Waals surface area contributed by atoms with Gasteiger partial charge >= 0.3 is 5.97 Å². The van der Waals surface area contributed by atoms with Crippen molar-refractivity contribution in [2.45, 2.75) is 20.8 Å². The lowest BCUT2D eigenvalue weighted by Crippen LogP contribution is -2.14. The summed E-state index contributed by atoms with van der Waals surface area (Å²) in [5, 5.41) is 2.73. The van der Waals surface area contributed by atoms with E-state index in [1.807, 2.05) is 0 Å². The number of ketones is 1. The number of aryl methyl sites for hydroxylation is 1. The molecular weight excluding hydrogens is 296 g/mol. The van der Waals surface area contributed by atoms with Crippen molar-refractivity contribution >= 4 is 23.3 Å². The normalized spacial score (nSPS) is 10.3. The molecule has 0 aliphatic heterocycles. The topological polar surface area (TPSA) is 88.3 Å². The Bertz CT molecular complexity index is 773. The van der Waals surface area contributed by atoms with Gasteiger partial charge in [-0.25, -0.2) is 4.79 Å². The number of hydrogen-bond acceptors (Lipinski definition) is 4. The van der Waals surface area contributed by atoms with E-state index in [1.54, 1.807) is 38.1 Å². The van der Waals surface area contributed by atoms with Crippen LogP contribution in [0.4, 0.5) is 5.69 Å². The number of nitrogens with one attached hydrogen (secondary N) is 2. The van der Waals surface area contributed by atoms with E-state index in [4.69, 9.17) is 4.74 Å². The Morgan fingerprint density at radius 1 is 1.09 bits per heavy atom. The van der Waals surface area contributed by atoms with Gasteiger partial charge in [0.15, 0.2) is 5.78 Å². The minimum atomic E-state index is -0.485. The van der Waals surface area contributed by atoms with Gasteiger partial charge < -0.3 is 15.0 Å². The van der Waals surface area contributed by atoms with Crippen LogP contribution in [0.15, 0.2) is 24.3 Å². The van der Waals surface area contributed by atoms with Crippen molar-refractivity contribution < 1.29 is 19.1 Å². The summed E-state index contributed by atoms with van der Waals surface area (Å²) in [5.41, 5.74) is 2.91. The summed E-state index contributed by atoms with van der Waals surface area (Å²) >= 11 is 0. The van der Waals surface area contributed by atoms with Crippen LogP contribution in [0.5, 0.6) is 0 Å². The molecular formula is C17H18N2O4. The van der Waals surface area contributed by atoms with Gasteiger partial charge in [0.1, 0.15) is 5.69 Å². The third-order valence-corrected chi connectivity index (χ3v) is 3.60. The average Bonchev–Trinajstić information content (AvgIpc) is 2.82. The molecule has 0 aliphatic rings. The summed E-state index contributed by atoms with van der Waals surface area (Å²) in [4.78, 5) is 38.3. The van der Waals surface area contributed by atoms with Crippen LogP contribution in [0.1, 0.15) is 49.4 Å². The molecule has 2 rings (SSSR count). The lowest BCUT2D eigenvalue weighted by Gasteiger charge is -2.06.